The van der Waals surface area contributed by atoms with E-state index in [9.17, 15) is 9.59 Å². The van der Waals surface area contributed by atoms with Crippen LogP contribution < -0.4 is 5.32 Å². The lowest BCUT2D eigenvalue weighted by atomic mass is 10.0. The van der Waals surface area contributed by atoms with E-state index in [4.69, 9.17) is 4.74 Å². The van der Waals surface area contributed by atoms with Gasteiger partial charge in [-0.1, -0.05) is 30.3 Å². The van der Waals surface area contributed by atoms with Crippen molar-refractivity contribution in [2.24, 2.45) is 5.92 Å². The van der Waals surface area contributed by atoms with Gasteiger partial charge >= 0.3 is 0 Å². The SMILES string of the molecule is CC(=O)NCC[C@H]1C[C@H]2CO[C@H](c3ccccc3)N2C1=O. The summed E-state index contributed by atoms with van der Waals surface area (Å²) in [7, 11) is 0. The molecule has 5 nitrogen and oxygen atoms in total. The van der Waals surface area contributed by atoms with Crippen LogP contribution in [0.2, 0.25) is 0 Å². The molecule has 2 aliphatic rings. The molecule has 1 aromatic carbocycles. The quantitative estimate of drug-likeness (QED) is 0.912. The zero-order valence-corrected chi connectivity index (χ0v) is 12.1. The number of benzene rings is 1. The highest BCUT2D eigenvalue weighted by Crippen LogP contribution is 2.40. The van der Waals surface area contributed by atoms with E-state index >= 15 is 0 Å². The Kier molecular flexibility index (Phi) is 3.92. The standard InChI is InChI=1S/C16H20N2O3/c1-11(19)17-8-7-13-9-14-10-21-16(18(14)15(13)20)12-5-3-2-4-6-12/h2-6,13-14,16H,7-10H2,1H3,(H,17,19)/t13-,14-,16+/m0/s1. The molecule has 112 valence electrons. The van der Waals surface area contributed by atoms with Crippen molar-refractivity contribution < 1.29 is 14.3 Å². The zero-order valence-electron chi connectivity index (χ0n) is 12.1. The van der Waals surface area contributed by atoms with Gasteiger partial charge in [0.2, 0.25) is 11.8 Å². The second-order valence-electron chi connectivity index (χ2n) is 5.70. The van der Waals surface area contributed by atoms with E-state index in [0.29, 0.717) is 19.6 Å². The van der Waals surface area contributed by atoms with Gasteiger partial charge in [0.1, 0.15) is 0 Å². The zero-order chi connectivity index (χ0) is 14.8. The van der Waals surface area contributed by atoms with Gasteiger partial charge in [-0.3, -0.25) is 9.59 Å². The Morgan fingerprint density at radius 2 is 2.14 bits per heavy atom. The predicted molar refractivity (Wildman–Crippen MR) is 77.2 cm³/mol. The molecular formula is C16H20N2O3. The number of fused-ring (bicyclic) bond motifs is 1. The molecule has 5 heteroatoms. The summed E-state index contributed by atoms with van der Waals surface area (Å²) in [6.07, 6.45) is 1.27. The molecule has 0 radical (unpaired) electrons. The summed E-state index contributed by atoms with van der Waals surface area (Å²) in [6.45, 7) is 2.65. The average Bonchev–Trinajstić information content (AvgIpc) is 3.01. The maximum atomic E-state index is 12.6. The number of carbonyl (C=O) groups is 2. The monoisotopic (exact) mass is 288 g/mol. The van der Waals surface area contributed by atoms with Crippen molar-refractivity contribution >= 4 is 11.8 Å². The highest BCUT2D eigenvalue weighted by atomic mass is 16.5. The molecule has 0 unspecified atom stereocenters. The Hall–Kier alpha value is -1.88. The van der Waals surface area contributed by atoms with Gasteiger partial charge in [0.15, 0.2) is 6.23 Å². The molecule has 2 heterocycles. The Morgan fingerprint density at radius 3 is 2.86 bits per heavy atom. The molecule has 1 aromatic rings. The Labute approximate surface area is 124 Å². The first-order valence-corrected chi connectivity index (χ1v) is 7.40. The van der Waals surface area contributed by atoms with E-state index in [1.54, 1.807) is 0 Å². The van der Waals surface area contributed by atoms with E-state index in [-0.39, 0.29) is 30.0 Å². The summed E-state index contributed by atoms with van der Waals surface area (Å²) in [4.78, 5) is 25.4. The highest BCUT2D eigenvalue weighted by Gasteiger charge is 2.47. The Morgan fingerprint density at radius 1 is 1.38 bits per heavy atom. The highest BCUT2D eigenvalue weighted by molar-refractivity contribution is 5.82. The van der Waals surface area contributed by atoms with Gasteiger partial charge in [-0.25, -0.2) is 0 Å². The first-order chi connectivity index (χ1) is 10.2. The molecule has 0 aliphatic carbocycles. The van der Waals surface area contributed by atoms with E-state index in [1.807, 2.05) is 35.2 Å². The van der Waals surface area contributed by atoms with Crippen LogP contribution in [0.25, 0.3) is 0 Å². The lowest BCUT2D eigenvalue weighted by molar-refractivity contribution is -0.137. The third kappa shape index (κ3) is 2.78. The van der Waals surface area contributed by atoms with Crippen molar-refractivity contribution in [3.63, 3.8) is 0 Å². The van der Waals surface area contributed by atoms with Gasteiger partial charge in [-0.2, -0.15) is 0 Å². The lowest BCUT2D eigenvalue weighted by Crippen LogP contribution is -2.33. The fourth-order valence-electron chi connectivity index (χ4n) is 3.21. The first kappa shape index (κ1) is 14.1. The molecule has 3 atom stereocenters. The van der Waals surface area contributed by atoms with Crippen molar-refractivity contribution in [1.29, 1.82) is 0 Å². The molecule has 21 heavy (non-hydrogen) atoms. The third-order valence-corrected chi connectivity index (χ3v) is 4.20. The minimum Gasteiger partial charge on any atom is -0.356 e. The van der Waals surface area contributed by atoms with Crippen molar-refractivity contribution in [3.8, 4) is 0 Å². The summed E-state index contributed by atoms with van der Waals surface area (Å²) < 4.78 is 5.80. The number of hydrogen-bond donors (Lipinski definition) is 1. The number of nitrogens with one attached hydrogen (secondary N) is 1. The van der Waals surface area contributed by atoms with E-state index < -0.39 is 0 Å². The maximum Gasteiger partial charge on any atom is 0.228 e. The summed E-state index contributed by atoms with van der Waals surface area (Å²) in [5, 5.41) is 2.76. The van der Waals surface area contributed by atoms with Crippen LogP contribution in [0.4, 0.5) is 0 Å². The van der Waals surface area contributed by atoms with Gasteiger partial charge in [0.25, 0.3) is 0 Å². The van der Waals surface area contributed by atoms with Gasteiger partial charge in [-0.05, 0) is 12.8 Å². The first-order valence-electron chi connectivity index (χ1n) is 7.40. The summed E-state index contributed by atoms with van der Waals surface area (Å²) in [5.74, 6) is 0.0973. The molecular weight excluding hydrogens is 268 g/mol. The fourth-order valence-corrected chi connectivity index (χ4v) is 3.21. The molecule has 2 aliphatic heterocycles. The summed E-state index contributed by atoms with van der Waals surface area (Å²) in [5.41, 5.74) is 1.02. The van der Waals surface area contributed by atoms with Crippen LogP contribution in [0, 0.1) is 5.92 Å². The topological polar surface area (TPSA) is 58.6 Å². The molecule has 0 saturated carbocycles. The van der Waals surface area contributed by atoms with Crippen molar-refractivity contribution in [3.05, 3.63) is 35.9 Å². The molecule has 0 spiro atoms. The minimum absolute atomic E-state index is 0.00281. The van der Waals surface area contributed by atoms with Gasteiger partial charge in [0.05, 0.1) is 12.6 Å². The van der Waals surface area contributed by atoms with Gasteiger partial charge in [-0.15, -0.1) is 0 Å². The number of nitrogens with zero attached hydrogens (tertiary/aromatic N) is 1. The number of ether oxygens (including phenoxy) is 1. The second-order valence-corrected chi connectivity index (χ2v) is 5.70. The van der Waals surface area contributed by atoms with Crippen LogP contribution in [-0.4, -0.2) is 35.9 Å². The number of amides is 2. The number of rotatable bonds is 4. The van der Waals surface area contributed by atoms with Gasteiger partial charge < -0.3 is 15.0 Å². The van der Waals surface area contributed by atoms with Crippen LogP contribution in [0.1, 0.15) is 31.6 Å². The molecule has 2 amide bonds. The molecule has 2 saturated heterocycles. The third-order valence-electron chi connectivity index (χ3n) is 4.20. The normalized spacial score (nSPS) is 27.8. The van der Waals surface area contributed by atoms with E-state index in [2.05, 4.69) is 5.32 Å². The van der Waals surface area contributed by atoms with Crippen molar-refractivity contribution in [2.75, 3.05) is 13.2 Å². The Balaban J connectivity index is 1.66. The number of hydrogen-bond acceptors (Lipinski definition) is 3. The van der Waals surface area contributed by atoms with Crippen molar-refractivity contribution in [2.45, 2.75) is 32.0 Å². The lowest BCUT2D eigenvalue weighted by Gasteiger charge is -2.23. The smallest absolute Gasteiger partial charge is 0.228 e. The van der Waals surface area contributed by atoms with Crippen LogP contribution >= 0.6 is 0 Å². The van der Waals surface area contributed by atoms with E-state index in [0.717, 1.165) is 12.0 Å². The van der Waals surface area contributed by atoms with Crippen molar-refractivity contribution in [1.82, 2.24) is 10.2 Å². The largest absolute Gasteiger partial charge is 0.356 e. The molecule has 0 aromatic heterocycles. The van der Waals surface area contributed by atoms with Gasteiger partial charge in [0, 0.05) is 24.9 Å². The maximum absolute atomic E-state index is 12.6. The summed E-state index contributed by atoms with van der Waals surface area (Å²) in [6, 6.07) is 10.0. The molecule has 2 fully saturated rings. The summed E-state index contributed by atoms with van der Waals surface area (Å²) >= 11 is 0. The van der Waals surface area contributed by atoms with Crippen LogP contribution in [0.3, 0.4) is 0 Å². The molecule has 0 bridgehead atoms. The van der Waals surface area contributed by atoms with E-state index in [1.165, 1.54) is 6.92 Å². The van der Waals surface area contributed by atoms with Crippen LogP contribution in [0.5, 0.6) is 0 Å². The second kappa shape index (κ2) is 5.85. The predicted octanol–water partition coefficient (Wildman–Crippen LogP) is 1.46. The fraction of sp³-hybridized carbons (Fsp3) is 0.500. The molecule has 1 N–H and O–H groups in total. The minimum atomic E-state index is -0.255. The average molecular weight is 288 g/mol. The van der Waals surface area contributed by atoms with Crippen LogP contribution in [0.15, 0.2) is 30.3 Å². The molecule has 3 rings (SSSR count). The Bertz CT molecular complexity index is 532. The number of carbonyl (C=O) groups excluding carboxylic acids is 2. The van der Waals surface area contributed by atoms with Crippen LogP contribution in [-0.2, 0) is 14.3 Å².